The van der Waals surface area contributed by atoms with Gasteiger partial charge in [0.1, 0.15) is 6.54 Å². The van der Waals surface area contributed by atoms with Crippen LogP contribution in [0.15, 0.2) is 71.6 Å². The quantitative estimate of drug-likeness (QED) is 0.278. The number of hydrogen-bond donors (Lipinski definition) is 1. The van der Waals surface area contributed by atoms with Gasteiger partial charge in [-0.2, -0.15) is 11.8 Å². The summed E-state index contributed by atoms with van der Waals surface area (Å²) in [6.45, 7) is -0.0672. The van der Waals surface area contributed by atoms with Gasteiger partial charge in [0.15, 0.2) is 0 Å². The van der Waals surface area contributed by atoms with Crippen molar-refractivity contribution in [1.29, 1.82) is 0 Å². The van der Waals surface area contributed by atoms with Crippen molar-refractivity contribution < 1.29 is 13.2 Å². The van der Waals surface area contributed by atoms with Crippen molar-refractivity contribution in [3.8, 4) is 0 Å². The molecule has 0 saturated carbocycles. The highest BCUT2D eigenvalue weighted by atomic mass is 35.5. The molecule has 0 saturated heterocycles. The van der Waals surface area contributed by atoms with Crippen molar-refractivity contribution in [3.63, 3.8) is 0 Å². The summed E-state index contributed by atoms with van der Waals surface area (Å²) in [6, 6.07) is 17.4. The van der Waals surface area contributed by atoms with E-state index in [1.165, 1.54) is 30.3 Å². The van der Waals surface area contributed by atoms with Crippen molar-refractivity contribution in [1.82, 2.24) is 5.32 Å². The molecule has 5 nitrogen and oxygen atoms in total. The number of anilines is 1. The average Bonchev–Trinajstić information content (AvgIpc) is 2.79. The molecule has 34 heavy (non-hydrogen) atoms. The molecule has 3 aromatic rings. The molecule has 0 aliphatic carbocycles. The lowest BCUT2D eigenvalue weighted by molar-refractivity contribution is -0.119. The SMILES string of the molecule is O=C(CN(c1cccc(Cl)c1)S(=O)(=O)c1ccc(Cl)cc1)NCCSCc1c(Cl)cccc1Cl. The van der Waals surface area contributed by atoms with Gasteiger partial charge in [-0.25, -0.2) is 8.42 Å². The summed E-state index contributed by atoms with van der Waals surface area (Å²) in [5.74, 6) is 0.733. The second kappa shape index (κ2) is 12.4. The summed E-state index contributed by atoms with van der Waals surface area (Å²) in [5, 5.41) is 4.70. The van der Waals surface area contributed by atoms with E-state index in [1.807, 2.05) is 0 Å². The first kappa shape index (κ1) is 27.0. The zero-order chi connectivity index (χ0) is 24.7. The van der Waals surface area contributed by atoms with Gasteiger partial charge in [0.2, 0.25) is 5.91 Å². The summed E-state index contributed by atoms with van der Waals surface area (Å²) >= 11 is 25.9. The second-order valence-corrected chi connectivity index (χ2v) is 11.7. The third kappa shape index (κ3) is 7.20. The molecule has 3 aromatic carbocycles. The smallest absolute Gasteiger partial charge is 0.264 e. The number of carbonyl (C=O) groups is 1. The summed E-state index contributed by atoms with van der Waals surface area (Å²) < 4.78 is 27.7. The van der Waals surface area contributed by atoms with Crippen LogP contribution >= 0.6 is 58.2 Å². The van der Waals surface area contributed by atoms with Crippen LogP contribution in [0.2, 0.25) is 20.1 Å². The van der Waals surface area contributed by atoms with Gasteiger partial charge in [-0.05, 0) is 60.2 Å². The van der Waals surface area contributed by atoms with Gasteiger partial charge in [-0.3, -0.25) is 9.10 Å². The molecular weight excluding hydrogens is 558 g/mol. The van der Waals surface area contributed by atoms with Crippen LogP contribution in [0.5, 0.6) is 0 Å². The van der Waals surface area contributed by atoms with Crippen molar-refractivity contribution in [2.75, 3.05) is 23.1 Å². The Balaban J connectivity index is 1.65. The molecule has 0 radical (unpaired) electrons. The standard InChI is InChI=1S/C23H20Cl4N2O3S2/c24-16-7-9-19(10-8-16)34(31,32)29(18-4-1-3-17(25)13-18)14-23(30)28-11-12-33-15-20-21(26)5-2-6-22(20)27/h1-10,13H,11-12,14-15H2,(H,28,30). The van der Waals surface area contributed by atoms with Gasteiger partial charge in [-0.15, -0.1) is 0 Å². The largest absolute Gasteiger partial charge is 0.354 e. The van der Waals surface area contributed by atoms with E-state index in [9.17, 15) is 13.2 Å². The molecule has 11 heteroatoms. The number of hydrogen-bond acceptors (Lipinski definition) is 4. The minimum Gasteiger partial charge on any atom is -0.354 e. The normalized spacial score (nSPS) is 11.3. The van der Waals surface area contributed by atoms with Gasteiger partial charge >= 0.3 is 0 Å². The molecule has 0 unspecified atom stereocenters. The van der Waals surface area contributed by atoms with Gasteiger partial charge in [0, 0.05) is 38.1 Å². The van der Waals surface area contributed by atoms with E-state index in [0.29, 0.717) is 38.1 Å². The number of benzene rings is 3. The number of nitrogens with one attached hydrogen (secondary N) is 1. The zero-order valence-corrected chi connectivity index (χ0v) is 22.3. The molecule has 3 rings (SSSR count). The highest BCUT2D eigenvalue weighted by Gasteiger charge is 2.27. The Labute approximate surface area is 223 Å². The van der Waals surface area contributed by atoms with E-state index in [0.717, 1.165) is 9.87 Å². The Morgan fingerprint density at radius 2 is 1.53 bits per heavy atom. The van der Waals surface area contributed by atoms with Crippen molar-refractivity contribution >= 4 is 79.8 Å². The molecule has 0 aromatic heterocycles. The van der Waals surface area contributed by atoms with E-state index in [4.69, 9.17) is 46.4 Å². The lowest BCUT2D eigenvalue weighted by Gasteiger charge is -2.24. The third-order valence-corrected chi connectivity index (χ3v) is 8.63. The maximum atomic E-state index is 13.3. The molecule has 1 N–H and O–H groups in total. The minimum absolute atomic E-state index is 0.0110. The van der Waals surface area contributed by atoms with Crippen LogP contribution < -0.4 is 9.62 Å². The lowest BCUT2D eigenvalue weighted by atomic mass is 10.2. The average molecular weight is 578 g/mol. The number of nitrogens with zero attached hydrogens (tertiary/aromatic N) is 1. The van der Waals surface area contributed by atoms with Gasteiger partial charge in [0.25, 0.3) is 10.0 Å². The molecular formula is C23H20Cl4N2O3S2. The monoisotopic (exact) mass is 576 g/mol. The molecule has 0 bridgehead atoms. The molecule has 0 aliphatic heterocycles. The first-order valence-electron chi connectivity index (χ1n) is 9.99. The molecule has 1 amide bonds. The van der Waals surface area contributed by atoms with E-state index < -0.39 is 22.5 Å². The van der Waals surface area contributed by atoms with E-state index in [-0.39, 0.29) is 10.6 Å². The van der Waals surface area contributed by atoms with Crippen LogP contribution in [0.3, 0.4) is 0 Å². The molecule has 0 heterocycles. The molecule has 0 spiro atoms. The van der Waals surface area contributed by atoms with Crippen molar-refractivity contribution in [2.45, 2.75) is 10.6 Å². The van der Waals surface area contributed by atoms with Gasteiger partial charge in [0.05, 0.1) is 10.6 Å². The number of carbonyl (C=O) groups excluding carboxylic acids is 1. The Hall–Kier alpha value is -1.61. The third-order valence-electron chi connectivity index (χ3n) is 4.66. The fraction of sp³-hybridized carbons (Fsp3) is 0.174. The second-order valence-electron chi connectivity index (χ2n) is 7.05. The van der Waals surface area contributed by atoms with Crippen LogP contribution in [0.1, 0.15) is 5.56 Å². The number of sulfonamides is 1. The van der Waals surface area contributed by atoms with E-state index in [2.05, 4.69) is 5.32 Å². The predicted molar refractivity (Wildman–Crippen MR) is 143 cm³/mol. The fourth-order valence-corrected chi connectivity index (χ4v) is 6.29. The van der Waals surface area contributed by atoms with E-state index >= 15 is 0 Å². The molecule has 180 valence electrons. The number of rotatable bonds is 10. The zero-order valence-electron chi connectivity index (χ0n) is 17.7. The van der Waals surface area contributed by atoms with Crippen LogP contribution in [0.25, 0.3) is 0 Å². The first-order valence-corrected chi connectivity index (χ1v) is 14.1. The summed E-state index contributed by atoms with van der Waals surface area (Å²) in [5.41, 5.74) is 1.11. The molecule has 0 atom stereocenters. The Kier molecular flexibility index (Phi) is 9.83. The number of amides is 1. The van der Waals surface area contributed by atoms with Crippen molar-refractivity contribution in [3.05, 3.63) is 92.4 Å². The number of thioether (sulfide) groups is 1. The highest BCUT2D eigenvalue weighted by Crippen LogP contribution is 2.28. The number of halogens is 4. The van der Waals surface area contributed by atoms with E-state index in [1.54, 1.807) is 48.2 Å². The molecule has 0 fully saturated rings. The predicted octanol–water partition coefficient (Wildman–Crippen LogP) is 6.55. The summed E-state index contributed by atoms with van der Waals surface area (Å²) in [4.78, 5) is 12.7. The van der Waals surface area contributed by atoms with Gasteiger partial charge in [-0.1, -0.05) is 58.5 Å². The van der Waals surface area contributed by atoms with Crippen molar-refractivity contribution in [2.24, 2.45) is 0 Å². The maximum absolute atomic E-state index is 13.3. The van der Waals surface area contributed by atoms with Crippen LogP contribution in [0.4, 0.5) is 5.69 Å². The fourth-order valence-electron chi connectivity index (χ4n) is 2.97. The Bertz CT molecular complexity index is 1240. The first-order chi connectivity index (χ1) is 16.2. The highest BCUT2D eigenvalue weighted by molar-refractivity contribution is 7.98. The van der Waals surface area contributed by atoms with Gasteiger partial charge < -0.3 is 5.32 Å². The molecule has 0 aliphatic rings. The topological polar surface area (TPSA) is 66.5 Å². The minimum atomic E-state index is -4.04. The summed E-state index contributed by atoms with van der Waals surface area (Å²) in [7, 11) is -4.04. The van der Waals surface area contributed by atoms with Crippen LogP contribution in [-0.4, -0.2) is 33.2 Å². The maximum Gasteiger partial charge on any atom is 0.264 e. The van der Waals surface area contributed by atoms with Crippen LogP contribution in [0, 0.1) is 0 Å². The lowest BCUT2D eigenvalue weighted by Crippen LogP contribution is -2.41. The Morgan fingerprint density at radius 3 is 2.18 bits per heavy atom. The summed E-state index contributed by atoms with van der Waals surface area (Å²) in [6.07, 6.45) is 0. The Morgan fingerprint density at radius 1 is 0.882 bits per heavy atom. The van der Waals surface area contributed by atoms with Crippen LogP contribution in [-0.2, 0) is 20.6 Å².